The molecule has 0 radical (unpaired) electrons. The zero-order valence-electron chi connectivity index (χ0n) is 11.7. The zero-order valence-corrected chi connectivity index (χ0v) is 11.7. The lowest BCUT2D eigenvalue weighted by atomic mass is 10.2. The highest BCUT2D eigenvalue weighted by atomic mass is 16.5. The molecule has 1 aromatic carbocycles. The van der Waals surface area contributed by atoms with Crippen molar-refractivity contribution < 1.29 is 9.47 Å². The van der Waals surface area contributed by atoms with Crippen molar-refractivity contribution in [1.29, 1.82) is 0 Å². The van der Waals surface area contributed by atoms with Crippen LogP contribution in [0.5, 0.6) is 11.5 Å². The van der Waals surface area contributed by atoms with E-state index in [1.165, 1.54) is 0 Å². The Labute approximate surface area is 110 Å². The molecule has 1 unspecified atom stereocenters. The number of hydrogen-bond acceptors (Lipinski definition) is 3. The maximum atomic E-state index is 5.80. The minimum Gasteiger partial charge on any atom is -0.494 e. The molecule has 18 heavy (non-hydrogen) atoms. The summed E-state index contributed by atoms with van der Waals surface area (Å²) < 4.78 is 11.2. The zero-order chi connectivity index (χ0) is 13.2. The molecule has 0 aliphatic heterocycles. The third kappa shape index (κ3) is 5.41. The molecule has 102 valence electrons. The van der Waals surface area contributed by atoms with Crippen molar-refractivity contribution in [2.24, 2.45) is 0 Å². The molecule has 0 saturated carbocycles. The van der Waals surface area contributed by atoms with E-state index < -0.39 is 0 Å². The normalized spacial score (nSPS) is 12.2. The van der Waals surface area contributed by atoms with Gasteiger partial charge in [0, 0.05) is 12.1 Å². The van der Waals surface area contributed by atoms with E-state index in [9.17, 15) is 0 Å². The van der Waals surface area contributed by atoms with Gasteiger partial charge in [0.2, 0.25) is 0 Å². The standard InChI is InChI=1S/C15H25NO2/c1-4-10-16-13(5-2)12-18-15-9-7-8-14(11-15)17-6-3/h7-9,11,13,16H,4-6,10,12H2,1-3H3. The van der Waals surface area contributed by atoms with Crippen molar-refractivity contribution in [2.45, 2.75) is 39.7 Å². The Bertz CT molecular complexity index is 328. The van der Waals surface area contributed by atoms with E-state index in [4.69, 9.17) is 9.47 Å². The maximum absolute atomic E-state index is 5.80. The number of ether oxygens (including phenoxy) is 2. The predicted octanol–water partition coefficient (Wildman–Crippen LogP) is 3.24. The van der Waals surface area contributed by atoms with Crippen LogP contribution in [-0.2, 0) is 0 Å². The lowest BCUT2D eigenvalue weighted by Crippen LogP contribution is -2.34. The van der Waals surface area contributed by atoms with Crippen LogP contribution in [0.4, 0.5) is 0 Å². The van der Waals surface area contributed by atoms with E-state index >= 15 is 0 Å². The van der Waals surface area contributed by atoms with Gasteiger partial charge in [0.05, 0.1) is 6.61 Å². The summed E-state index contributed by atoms with van der Waals surface area (Å²) in [6.07, 6.45) is 2.22. The van der Waals surface area contributed by atoms with Crippen LogP contribution in [0.3, 0.4) is 0 Å². The highest BCUT2D eigenvalue weighted by Crippen LogP contribution is 2.19. The Balaban J connectivity index is 2.43. The van der Waals surface area contributed by atoms with Crippen LogP contribution in [-0.4, -0.2) is 25.8 Å². The van der Waals surface area contributed by atoms with E-state index in [1.54, 1.807) is 0 Å². The molecule has 1 aromatic rings. The molecule has 0 heterocycles. The first kappa shape index (κ1) is 14.8. The van der Waals surface area contributed by atoms with Gasteiger partial charge < -0.3 is 14.8 Å². The molecule has 0 amide bonds. The van der Waals surface area contributed by atoms with Gasteiger partial charge in [-0.3, -0.25) is 0 Å². The maximum Gasteiger partial charge on any atom is 0.123 e. The fourth-order valence-electron chi connectivity index (χ4n) is 1.69. The molecule has 0 aliphatic rings. The van der Waals surface area contributed by atoms with Gasteiger partial charge in [-0.05, 0) is 38.4 Å². The number of rotatable bonds is 9. The summed E-state index contributed by atoms with van der Waals surface area (Å²) in [4.78, 5) is 0. The Kier molecular flexibility index (Phi) is 7.26. The summed E-state index contributed by atoms with van der Waals surface area (Å²) in [5.74, 6) is 1.74. The summed E-state index contributed by atoms with van der Waals surface area (Å²) >= 11 is 0. The van der Waals surface area contributed by atoms with Crippen LogP contribution in [0.15, 0.2) is 24.3 Å². The van der Waals surface area contributed by atoms with Gasteiger partial charge in [-0.1, -0.05) is 19.9 Å². The molecule has 0 aromatic heterocycles. The lowest BCUT2D eigenvalue weighted by Gasteiger charge is -2.17. The first-order valence-corrected chi connectivity index (χ1v) is 6.89. The van der Waals surface area contributed by atoms with Crippen LogP contribution >= 0.6 is 0 Å². The molecule has 0 saturated heterocycles. The molecule has 1 N–H and O–H groups in total. The molecule has 1 rings (SSSR count). The fourth-order valence-corrected chi connectivity index (χ4v) is 1.69. The summed E-state index contributed by atoms with van der Waals surface area (Å²) in [5.41, 5.74) is 0. The molecule has 1 atom stereocenters. The van der Waals surface area contributed by atoms with Crippen molar-refractivity contribution >= 4 is 0 Å². The second-order valence-electron chi connectivity index (χ2n) is 4.28. The van der Waals surface area contributed by atoms with Gasteiger partial charge in [0.25, 0.3) is 0 Å². The predicted molar refractivity (Wildman–Crippen MR) is 75.5 cm³/mol. The van der Waals surface area contributed by atoms with Gasteiger partial charge in [0.15, 0.2) is 0 Å². The molecular formula is C15H25NO2. The number of nitrogens with one attached hydrogen (secondary N) is 1. The van der Waals surface area contributed by atoms with Crippen LogP contribution in [0.25, 0.3) is 0 Å². The van der Waals surface area contributed by atoms with Gasteiger partial charge in [0.1, 0.15) is 18.1 Å². The SMILES string of the molecule is CCCNC(CC)COc1cccc(OCC)c1. The number of benzene rings is 1. The van der Waals surface area contributed by atoms with E-state index in [1.807, 2.05) is 31.2 Å². The largest absolute Gasteiger partial charge is 0.494 e. The fraction of sp³-hybridized carbons (Fsp3) is 0.600. The van der Waals surface area contributed by atoms with Crippen LogP contribution in [0.1, 0.15) is 33.6 Å². The minimum absolute atomic E-state index is 0.417. The van der Waals surface area contributed by atoms with E-state index in [2.05, 4.69) is 19.2 Å². The molecule has 0 spiro atoms. The topological polar surface area (TPSA) is 30.5 Å². The van der Waals surface area contributed by atoms with Crippen molar-refractivity contribution in [3.63, 3.8) is 0 Å². The van der Waals surface area contributed by atoms with Gasteiger partial charge in [-0.2, -0.15) is 0 Å². The summed E-state index contributed by atoms with van der Waals surface area (Å²) in [5, 5.41) is 3.47. The smallest absolute Gasteiger partial charge is 0.123 e. The van der Waals surface area contributed by atoms with Crippen LogP contribution in [0.2, 0.25) is 0 Å². The second-order valence-corrected chi connectivity index (χ2v) is 4.28. The average Bonchev–Trinajstić information content (AvgIpc) is 2.40. The summed E-state index contributed by atoms with van der Waals surface area (Å²) in [6.45, 7) is 8.75. The first-order valence-electron chi connectivity index (χ1n) is 6.89. The lowest BCUT2D eigenvalue weighted by molar-refractivity contribution is 0.258. The van der Waals surface area contributed by atoms with E-state index in [0.29, 0.717) is 19.3 Å². The van der Waals surface area contributed by atoms with E-state index in [-0.39, 0.29) is 0 Å². The molecule has 0 fully saturated rings. The highest BCUT2D eigenvalue weighted by Gasteiger charge is 2.06. The first-order chi connectivity index (χ1) is 8.80. The third-order valence-electron chi connectivity index (χ3n) is 2.74. The molecule has 3 heteroatoms. The van der Waals surface area contributed by atoms with Crippen molar-refractivity contribution in [3.05, 3.63) is 24.3 Å². The van der Waals surface area contributed by atoms with E-state index in [0.717, 1.165) is 30.9 Å². The van der Waals surface area contributed by atoms with Crippen molar-refractivity contribution in [1.82, 2.24) is 5.32 Å². The molecule has 0 bridgehead atoms. The van der Waals surface area contributed by atoms with Gasteiger partial charge in [-0.25, -0.2) is 0 Å². The minimum atomic E-state index is 0.417. The van der Waals surface area contributed by atoms with Crippen LogP contribution < -0.4 is 14.8 Å². The summed E-state index contributed by atoms with van der Waals surface area (Å²) in [7, 11) is 0. The van der Waals surface area contributed by atoms with Gasteiger partial charge in [-0.15, -0.1) is 0 Å². The third-order valence-corrected chi connectivity index (χ3v) is 2.74. The second kappa shape index (κ2) is 8.81. The molecular weight excluding hydrogens is 226 g/mol. The molecule has 0 aliphatic carbocycles. The van der Waals surface area contributed by atoms with Gasteiger partial charge >= 0.3 is 0 Å². The monoisotopic (exact) mass is 251 g/mol. The highest BCUT2D eigenvalue weighted by molar-refractivity contribution is 5.32. The molecule has 3 nitrogen and oxygen atoms in total. The Morgan fingerprint density at radius 1 is 1.11 bits per heavy atom. The number of hydrogen-bond donors (Lipinski definition) is 1. The Morgan fingerprint density at radius 2 is 1.83 bits per heavy atom. The Hall–Kier alpha value is -1.22. The van der Waals surface area contributed by atoms with Crippen molar-refractivity contribution in [3.8, 4) is 11.5 Å². The Morgan fingerprint density at radius 3 is 2.44 bits per heavy atom. The average molecular weight is 251 g/mol. The summed E-state index contributed by atoms with van der Waals surface area (Å²) in [6, 6.07) is 8.23. The quantitative estimate of drug-likeness (QED) is 0.731. The van der Waals surface area contributed by atoms with Crippen LogP contribution in [0, 0.1) is 0 Å². The van der Waals surface area contributed by atoms with Crippen molar-refractivity contribution in [2.75, 3.05) is 19.8 Å².